The van der Waals surface area contributed by atoms with Crippen molar-refractivity contribution >= 4 is 12.0 Å². The van der Waals surface area contributed by atoms with E-state index in [1.165, 1.54) is 0 Å². The number of aromatic nitrogens is 1. The standard InChI is InChI=1S/C19H28N4O4/c1-2-27-19(25)23-8-5-16(6-9-23)21-18(24)17(15-4-3-7-20-14-15)22-10-12-26-13-11-22/h3-4,7,14,16-17H,2,5-6,8-13H2,1H3,(H,21,24). The second-order valence-electron chi connectivity index (χ2n) is 6.81. The average Bonchev–Trinajstić information content (AvgIpc) is 2.70. The van der Waals surface area contributed by atoms with Crippen molar-refractivity contribution in [3.05, 3.63) is 30.1 Å². The lowest BCUT2D eigenvalue weighted by molar-refractivity contribution is -0.129. The van der Waals surface area contributed by atoms with Crippen LogP contribution in [-0.2, 0) is 14.3 Å². The van der Waals surface area contributed by atoms with Crippen molar-refractivity contribution in [1.82, 2.24) is 20.1 Å². The Kier molecular flexibility index (Phi) is 7.00. The minimum Gasteiger partial charge on any atom is -0.450 e. The van der Waals surface area contributed by atoms with E-state index in [4.69, 9.17) is 9.47 Å². The van der Waals surface area contributed by atoms with Gasteiger partial charge in [0.1, 0.15) is 6.04 Å². The average molecular weight is 376 g/mol. The van der Waals surface area contributed by atoms with Gasteiger partial charge in [0.2, 0.25) is 5.91 Å². The van der Waals surface area contributed by atoms with Crippen LogP contribution in [0.15, 0.2) is 24.5 Å². The number of rotatable bonds is 5. The third-order valence-electron chi connectivity index (χ3n) is 5.03. The first-order valence-corrected chi connectivity index (χ1v) is 9.63. The number of ether oxygens (including phenoxy) is 2. The van der Waals surface area contributed by atoms with E-state index in [2.05, 4.69) is 15.2 Å². The largest absolute Gasteiger partial charge is 0.450 e. The monoisotopic (exact) mass is 376 g/mol. The van der Waals surface area contributed by atoms with Crippen molar-refractivity contribution in [3.63, 3.8) is 0 Å². The predicted octanol–water partition coefficient (Wildman–Crippen LogP) is 1.19. The first-order chi connectivity index (χ1) is 13.2. The Balaban J connectivity index is 1.61. The van der Waals surface area contributed by atoms with Gasteiger partial charge in [-0.25, -0.2) is 4.79 Å². The maximum Gasteiger partial charge on any atom is 0.409 e. The first kappa shape index (κ1) is 19.6. The molecule has 2 aliphatic rings. The van der Waals surface area contributed by atoms with E-state index in [1.54, 1.807) is 24.2 Å². The topological polar surface area (TPSA) is 84.0 Å². The molecule has 0 radical (unpaired) electrons. The van der Waals surface area contributed by atoms with E-state index in [0.717, 1.165) is 18.4 Å². The van der Waals surface area contributed by atoms with E-state index < -0.39 is 0 Å². The second-order valence-corrected chi connectivity index (χ2v) is 6.81. The molecule has 3 rings (SSSR count). The van der Waals surface area contributed by atoms with E-state index >= 15 is 0 Å². The summed E-state index contributed by atoms with van der Waals surface area (Å²) >= 11 is 0. The van der Waals surface area contributed by atoms with Crippen LogP contribution in [0.25, 0.3) is 0 Å². The van der Waals surface area contributed by atoms with Crippen molar-refractivity contribution in [2.75, 3.05) is 46.0 Å². The summed E-state index contributed by atoms with van der Waals surface area (Å²) in [7, 11) is 0. The summed E-state index contributed by atoms with van der Waals surface area (Å²) in [5, 5.41) is 3.18. The normalized spacial score (nSPS) is 20.1. The van der Waals surface area contributed by atoms with Gasteiger partial charge in [-0.1, -0.05) is 6.07 Å². The van der Waals surface area contributed by atoms with Crippen LogP contribution < -0.4 is 5.32 Å². The summed E-state index contributed by atoms with van der Waals surface area (Å²) in [6.45, 7) is 6.06. The molecule has 1 atom stereocenters. The van der Waals surface area contributed by atoms with Crippen LogP contribution in [-0.4, -0.2) is 78.8 Å². The number of likely N-dealkylation sites (tertiary alicyclic amines) is 1. The lowest BCUT2D eigenvalue weighted by Crippen LogP contribution is -2.51. The zero-order valence-electron chi connectivity index (χ0n) is 15.8. The zero-order chi connectivity index (χ0) is 19.1. The zero-order valence-corrected chi connectivity index (χ0v) is 15.8. The highest BCUT2D eigenvalue weighted by molar-refractivity contribution is 5.83. The van der Waals surface area contributed by atoms with E-state index in [9.17, 15) is 9.59 Å². The highest BCUT2D eigenvalue weighted by Gasteiger charge is 2.32. The number of carbonyl (C=O) groups excluding carboxylic acids is 2. The molecule has 2 aliphatic heterocycles. The molecule has 3 heterocycles. The number of amides is 2. The Labute approximate surface area is 159 Å². The molecule has 0 spiro atoms. The molecular formula is C19H28N4O4. The molecule has 8 nitrogen and oxygen atoms in total. The van der Waals surface area contributed by atoms with E-state index in [0.29, 0.717) is 46.0 Å². The molecule has 2 amide bonds. The van der Waals surface area contributed by atoms with Crippen LogP contribution in [0, 0.1) is 0 Å². The summed E-state index contributed by atoms with van der Waals surface area (Å²) < 4.78 is 10.5. The quantitative estimate of drug-likeness (QED) is 0.831. The van der Waals surface area contributed by atoms with Crippen LogP contribution in [0.4, 0.5) is 4.79 Å². The number of carbonyl (C=O) groups is 2. The van der Waals surface area contributed by atoms with Crippen LogP contribution in [0.1, 0.15) is 31.4 Å². The Morgan fingerprint density at radius 3 is 2.67 bits per heavy atom. The predicted molar refractivity (Wildman–Crippen MR) is 99.1 cm³/mol. The van der Waals surface area contributed by atoms with Gasteiger partial charge in [0.15, 0.2) is 0 Å². The summed E-state index contributed by atoms with van der Waals surface area (Å²) in [6, 6.07) is 3.48. The van der Waals surface area contributed by atoms with Gasteiger partial charge < -0.3 is 19.7 Å². The number of nitrogens with one attached hydrogen (secondary N) is 1. The smallest absolute Gasteiger partial charge is 0.409 e. The maximum absolute atomic E-state index is 13.1. The van der Waals surface area contributed by atoms with Gasteiger partial charge in [-0.3, -0.25) is 14.7 Å². The van der Waals surface area contributed by atoms with E-state index in [1.807, 2.05) is 12.1 Å². The van der Waals surface area contributed by atoms with Gasteiger partial charge in [-0.2, -0.15) is 0 Å². The van der Waals surface area contributed by atoms with Gasteiger partial charge in [0, 0.05) is 44.6 Å². The van der Waals surface area contributed by atoms with E-state index in [-0.39, 0.29) is 24.1 Å². The SMILES string of the molecule is CCOC(=O)N1CCC(NC(=O)C(c2cccnc2)N2CCOCC2)CC1. The fourth-order valence-electron chi connectivity index (χ4n) is 3.60. The molecule has 8 heteroatoms. The lowest BCUT2D eigenvalue weighted by atomic mass is 10.0. The van der Waals surface area contributed by atoms with Gasteiger partial charge in [0.05, 0.1) is 19.8 Å². The highest BCUT2D eigenvalue weighted by Crippen LogP contribution is 2.22. The van der Waals surface area contributed by atoms with Gasteiger partial charge in [-0.15, -0.1) is 0 Å². The molecule has 0 bridgehead atoms. The second kappa shape index (κ2) is 9.66. The molecule has 2 fully saturated rings. The Morgan fingerprint density at radius 1 is 1.30 bits per heavy atom. The number of hydrogen-bond donors (Lipinski definition) is 1. The number of pyridine rings is 1. The molecule has 2 saturated heterocycles. The van der Waals surface area contributed by atoms with Crippen molar-refractivity contribution in [3.8, 4) is 0 Å². The van der Waals surface area contributed by atoms with Crippen LogP contribution >= 0.6 is 0 Å². The minimum absolute atomic E-state index is 0.0144. The summed E-state index contributed by atoms with van der Waals surface area (Å²) in [6.07, 6.45) is 4.65. The molecular weight excluding hydrogens is 348 g/mol. The van der Waals surface area contributed by atoms with Gasteiger partial charge >= 0.3 is 6.09 Å². The van der Waals surface area contributed by atoms with Crippen molar-refractivity contribution in [2.24, 2.45) is 0 Å². The molecule has 0 aromatic carbocycles. The van der Waals surface area contributed by atoms with Crippen LogP contribution in [0.3, 0.4) is 0 Å². The summed E-state index contributed by atoms with van der Waals surface area (Å²) in [5.74, 6) is -0.0144. The van der Waals surface area contributed by atoms with Crippen LogP contribution in [0.2, 0.25) is 0 Å². The number of morpholine rings is 1. The minimum atomic E-state index is -0.370. The molecule has 1 unspecified atom stereocenters. The molecule has 1 N–H and O–H groups in total. The molecule has 148 valence electrons. The summed E-state index contributed by atoms with van der Waals surface area (Å²) in [5.41, 5.74) is 0.890. The molecule has 1 aromatic rings. The van der Waals surface area contributed by atoms with Crippen molar-refractivity contribution in [1.29, 1.82) is 0 Å². The fourth-order valence-corrected chi connectivity index (χ4v) is 3.60. The fraction of sp³-hybridized carbons (Fsp3) is 0.632. The Morgan fingerprint density at radius 2 is 2.04 bits per heavy atom. The number of piperidine rings is 1. The number of hydrogen-bond acceptors (Lipinski definition) is 6. The lowest BCUT2D eigenvalue weighted by Gasteiger charge is -2.36. The Bertz CT molecular complexity index is 613. The van der Waals surface area contributed by atoms with Crippen LogP contribution in [0.5, 0.6) is 0 Å². The number of nitrogens with zero attached hydrogens (tertiary/aromatic N) is 3. The molecule has 0 aliphatic carbocycles. The molecule has 0 saturated carbocycles. The molecule has 1 aromatic heterocycles. The van der Waals surface area contributed by atoms with Crippen molar-refractivity contribution in [2.45, 2.75) is 31.8 Å². The highest BCUT2D eigenvalue weighted by atomic mass is 16.6. The summed E-state index contributed by atoms with van der Waals surface area (Å²) in [4.78, 5) is 32.9. The third-order valence-corrected chi connectivity index (χ3v) is 5.03. The maximum atomic E-state index is 13.1. The van der Waals surface area contributed by atoms with Gasteiger partial charge in [0.25, 0.3) is 0 Å². The third kappa shape index (κ3) is 5.17. The molecule has 27 heavy (non-hydrogen) atoms. The van der Waals surface area contributed by atoms with Gasteiger partial charge in [-0.05, 0) is 31.4 Å². The van der Waals surface area contributed by atoms with Crippen molar-refractivity contribution < 1.29 is 19.1 Å². The first-order valence-electron chi connectivity index (χ1n) is 9.63. The Hall–Kier alpha value is -2.19.